The van der Waals surface area contributed by atoms with Crippen LogP contribution in [0.25, 0.3) is 22.3 Å². The van der Waals surface area contributed by atoms with Crippen LogP contribution in [0.2, 0.25) is 0 Å². The summed E-state index contributed by atoms with van der Waals surface area (Å²) in [5, 5.41) is 0. The molecule has 3 nitrogen and oxygen atoms in total. The van der Waals surface area contributed by atoms with E-state index in [1.165, 1.54) is 18.4 Å². The molecule has 0 radical (unpaired) electrons. The molecule has 2 aromatic carbocycles. The Hall–Kier alpha value is -2.40. The Morgan fingerprint density at radius 3 is 2.00 bits per heavy atom. The molecule has 0 N–H and O–H groups in total. The summed E-state index contributed by atoms with van der Waals surface area (Å²) in [5.74, 6) is -0.764. The van der Waals surface area contributed by atoms with Crippen LogP contribution in [0.4, 0.5) is 4.39 Å². The minimum Gasteiger partial charge on any atom is -0.471 e. The van der Waals surface area contributed by atoms with Gasteiger partial charge >= 0.3 is 0 Å². The first-order valence-corrected chi connectivity index (χ1v) is 9.47. The van der Waals surface area contributed by atoms with E-state index in [0.717, 1.165) is 17.4 Å². The average molecular weight is 346 g/mol. The third kappa shape index (κ3) is 3.74. The van der Waals surface area contributed by atoms with Crippen LogP contribution >= 0.6 is 0 Å². The van der Waals surface area contributed by atoms with Crippen LogP contribution in [0, 0.1) is 5.82 Å². The van der Waals surface area contributed by atoms with Crippen molar-refractivity contribution in [3.63, 3.8) is 0 Å². The number of sulfone groups is 1. The van der Waals surface area contributed by atoms with E-state index in [-0.39, 0.29) is 4.90 Å². The largest absolute Gasteiger partial charge is 0.471 e. The molecule has 24 heavy (non-hydrogen) atoms. The summed E-state index contributed by atoms with van der Waals surface area (Å²) in [6.07, 6.45) is 4.10. The van der Waals surface area contributed by atoms with E-state index in [1.807, 2.05) is 44.2 Å². The molecule has 0 fully saturated rings. The molecule has 5 heteroatoms. The number of hydrogen-bond donors (Lipinski definition) is 0. The maximum Gasteiger partial charge on any atom is 0.178 e. The van der Waals surface area contributed by atoms with Crippen LogP contribution in [0.15, 0.2) is 70.4 Å². The summed E-state index contributed by atoms with van der Waals surface area (Å²) in [6, 6.07) is 13.6. The molecule has 1 aromatic heterocycles. The van der Waals surface area contributed by atoms with Gasteiger partial charge in [0.1, 0.15) is 10.7 Å². The van der Waals surface area contributed by atoms with Crippen molar-refractivity contribution in [2.24, 2.45) is 0 Å². The standard InChI is InChI=1S/C17H13FO3S.C2H6/c1-22(19,20)17-8-7-13(9-16(17)18)15-11-21-10-14(15)12-5-3-2-4-6-12;1-2/h2-11H,1H3;1-2H3. The van der Waals surface area contributed by atoms with Crippen molar-refractivity contribution in [2.45, 2.75) is 18.7 Å². The van der Waals surface area contributed by atoms with Gasteiger partial charge in [0.25, 0.3) is 0 Å². The van der Waals surface area contributed by atoms with E-state index >= 15 is 0 Å². The molecule has 0 unspecified atom stereocenters. The molecule has 3 aromatic rings. The zero-order chi connectivity index (χ0) is 17.7. The molecule has 0 amide bonds. The van der Waals surface area contributed by atoms with Gasteiger partial charge in [0, 0.05) is 17.4 Å². The van der Waals surface area contributed by atoms with Crippen LogP contribution < -0.4 is 0 Å². The summed E-state index contributed by atoms with van der Waals surface area (Å²) in [7, 11) is -3.58. The van der Waals surface area contributed by atoms with Crippen molar-refractivity contribution >= 4 is 9.84 Å². The van der Waals surface area contributed by atoms with Gasteiger partial charge in [0.05, 0.1) is 12.5 Å². The Labute approximate surface area is 141 Å². The lowest BCUT2D eigenvalue weighted by Crippen LogP contribution is -2.00. The predicted molar refractivity (Wildman–Crippen MR) is 94.0 cm³/mol. The summed E-state index contributed by atoms with van der Waals surface area (Å²) in [4.78, 5) is -0.305. The Kier molecular flexibility index (Phi) is 5.57. The smallest absolute Gasteiger partial charge is 0.178 e. The van der Waals surface area contributed by atoms with Crippen LogP contribution in [0.3, 0.4) is 0 Å². The highest BCUT2D eigenvalue weighted by atomic mass is 32.2. The number of halogens is 1. The Morgan fingerprint density at radius 2 is 1.46 bits per heavy atom. The van der Waals surface area contributed by atoms with Gasteiger partial charge in [-0.05, 0) is 23.3 Å². The third-order valence-corrected chi connectivity index (χ3v) is 4.52. The van der Waals surface area contributed by atoms with Crippen molar-refractivity contribution in [1.82, 2.24) is 0 Å². The quantitative estimate of drug-likeness (QED) is 0.656. The van der Waals surface area contributed by atoms with E-state index in [1.54, 1.807) is 12.3 Å². The van der Waals surface area contributed by atoms with Gasteiger partial charge in [-0.1, -0.05) is 50.2 Å². The monoisotopic (exact) mass is 346 g/mol. The van der Waals surface area contributed by atoms with Crippen molar-refractivity contribution in [3.05, 3.63) is 66.9 Å². The first-order valence-electron chi connectivity index (χ1n) is 7.58. The number of hydrogen-bond acceptors (Lipinski definition) is 3. The maximum atomic E-state index is 14.1. The topological polar surface area (TPSA) is 47.3 Å². The molecule has 0 aliphatic heterocycles. The number of benzene rings is 2. The van der Waals surface area contributed by atoms with E-state index in [4.69, 9.17) is 4.42 Å². The van der Waals surface area contributed by atoms with Crippen LogP contribution in [-0.2, 0) is 9.84 Å². The second-order valence-electron chi connectivity index (χ2n) is 4.98. The molecule has 0 aliphatic carbocycles. The normalized spacial score (nSPS) is 10.8. The van der Waals surface area contributed by atoms with Gasteiger partial charge in [-0.15, -0.1) is 0 Å². The Bertz CT molecular complexity index is 913. The molecule has 3 rings (SSSR count). The first kappa shape index (κ1) is 17.9. The predicted octanol–water partition coefficient (Wildman–Crippen LogP) is 5.18. The fourth-order valence-corrected chi connectivity index (χ4v) is 3.06. The van der Waals surface area contributed by atoms with E-state index in [0.29, 0.717) is 11.1 Å². The highest BCUT2D eigenvalue weighted by molar-refractivity contribution is 7.90. The fraction of sp³-hybridized carbons (Fsp3) is 0.158. The summed E-state index contributed by atoms with van der Waals surface area (Å²) in [5.41, 5.74) is 3.05. The zero-order valence-corrected chi connectivity index (χ0v) is 14.6. The lowest BCUT2D eigenvalue weighted by molar-refractivity contribution is 0.568. The fourth-order valence-electron chi connectivity index (χ4n) is 2.33. The van der Waals surface area contributed by atoms with Gasteiger partial charge in [-0.3, -0.25) is 0 Å². The SMILES string of the molecule is CC.CS(=O)(=O)c1ccc(-c2cocc2-c2ccccc2)cc1F. The Balaban J connectivity index is 0.00000100. The van der Waals surface area contributed by atoms with Gasteiger partial charge < -0.3 is 4.42 Å². The lowest BCUT2D eigenvalue weighted by Gasteiger charge is -2.06. The van der Waals surface area contributed by atoms with Gasteiger partial charge in [-0.2, -0.15) is 0 Å². The molecule has 0 saturated heterocycles. The van der Waals surface area contributed by atoms with Crippen LogP contribution in [-0.4, -0.2) is 14.7 Å². The highest BCUT2D eigenvalue weighted by Crippen LogP contribution is 2.34. The van der Waals surface area contributed by atoms with E-state index < -0.39 is 15.7 Å². The van der Waals surface area contributed by atoms with E-state index in [9.17, 15) is 12.8 Å². The maximum absolute atomic E-state index is 14.1. The highest BCUT2D eigenvalue weighted by Gasteiger charge is 2.16. The van der Waals surface area contributed by atoms with Crippen molar-refractivity contribution in [2.75, 3.05) is 6.26 Å². The molecular weight excluding hydrogens is 327 g/mol. The van der Waals surface area contributed by atoms with Gasteiger partial charge in [-0.25, -0.2) is 12.8 Å². The average Bonchev–Trinajstić information content (AvgIpc) is 3.06. The number of rotatable bonds is 3. The minimum absolute atomic E-state index is 0.305. The van der Waals surface area contributed by atoms with Crippen LogP contribution in [0.5, 0.6) is 0 Å². The summed E-state index contributed by atoms with van der Waals surface area (Å²) < 4.78 is 42.3. The third-order valence-electron chi connectivity index (χ3n) is 3.39. The van der Waals surface area contributed by atoms with Crippen molar-refractivity contribution < 1.29 is 17.2 Å². The van der Waals surface area contributed by atoms with Crippen molar-refractivity contribution in [3.8, 4) is 22.3 Å². The second kappa shape index (κ2) is 7.45. The number of furan rings is 1. The minimum atomic E-state index is -3.58. The molecule has 0 aliphatic rings. The van der Waals surface area contributed by atoms with Crippen molar-refractivity contribution in [1.29, 1.82) is 0 Å². The lowest BCUT2D eigenvalue weighted by atomic mass is 9.99. The zero-order valence-electron chi connectivity index (χ0n) is 13.8. The van der Waals surface area contributed by atoms with Gasteiger partial charge in [0.15, 0.2) is 9.84 Å². The Morgan fingerprint density at radius 1 is 0.875 bits per heavy atom. The molecule has 0 spiro atoms. The molecule has 0 atom stereocenters. The second-order valence-corrected chi connectivity index (χ2v) is 6.97. The first-order chi connectivity index (χ1) is 11.5. The van der Waals surface area contributed by atoms with Gasteiger partial charge in [0.2, 0.25) is 0 Å². The molecule has 1 heterocycles. The molecular formula is C19H19FO3S. The molecule has 0 saturated carbocycles. The van der Waals surface area contributed by atoms with Crippen LogP contribution in [0.1, 0.15) is 13.8 Å². The molecule has 126 valence electrons. The summed E-state index contributed by atoms with van der Waals surface area (Å²) in [6.45, 7) is 4.00. The molecule has 0 bridgehead atoms. The van der Waals surface area contributed by atoms with E-state index in [2.05, 4.69) is 0 Å². The summed E-state index contributed by atoms with van der Waals surface area (Å²) >= 11 is 0.